The van der Waals surface area contributed by atoms with Crippen molar-refractivity contribution in [3.8, 4) is 5.75 Å². The van der Waals surface area contributed by atoms with Gasteiger partial charge in [0.25, 0.3) is 0 Å². The van der Waals surface area contributed by atoms with E-state index in [2.05, 4.69) is 0 Å². The summed E-state index contributed by atoms with van der Waals surface area (Å²) in [5.41, 5.74) is 0. The second-order valence-corrected chi connectivity index (χ2v) is 3.81. The lowest BCUT2D eigenvalue weighted by molar-refractivity contribution is 0.321. The summed E-state index contributed by atoms with van der Waals surface area (Å²) in [5.74, 6) is -0.995. The van der Waals surface area contributed by atoms with E-state index in [1.54, 1.807) is 6.92 Å². The van der Waals surface area contributed by atoms with E-state index >= 15 is 0 Å². The molecule has 3 nitrogen and oxygen atoms in total. The van der Waals surface area contributed by atoms with Gasteiger partial charge in [-0.2, -0.15) is 8.42 Å². The average molecular weight is 222 g/mol. The fourth-order valence-corrected chi connectivity index (χ4v) is 1.38. The van der Waals surface area contributed by atoms with E-state index in [1.807, 2.05) is 0 Å². The Morgan fingerprint density at radius 1 is 1.43 bits per heavy atom. The van der Waals surface area contributed by atoms with Crippen LogP contribution in [0.3, 0.4) is 0 Å². The highest BCUT2D eigenvalue weighted by molar-refractivity contribution is 7.86. The maximum atomic E-state index is 13.0. The third kappa shape index (κ3) is 2.41. The largest absolute Gasteiger partial charge is 0.491 e. The number of hydrogen-bond donors (Lipinski definition) is 0. The van der Waals surface area contributed by atoms with E-state index in [9.17, 15) is 16.7 Å². The monoisotopic (exact) mass is 222 g/mol. The first-order valence-corrected chi connectivity index (χ1v) is 5.20. The van der Waals surface area contributed by atoms with Crippen molar-refractivity contribution < 1.29 is 21.4 Å². The fraction of sp³-hybridized carbons (Fsp3) is 0.250. The first kappa shape index (κ1) is 10.9. The zero-order valence-electron chi connectivity index (χ0n) is 7.33. The van der Waals surface area contributed by atoms with Crippen LogP contribution in [-0.4, -0.2) is 15.0 Å². The van der Waals surface area contributed by atoms with Gasteiger partial charge in [-0.1, -0.05) is 0 Å². The van der Waals surface area contributed by atoms with Crippen LogP contribution in [0.5, 0.6) is 5.75 Å². The Balaban J connectivity index is 3.13. The second kappa shape index (κ2) is 3.91. The molecule has 0 unspecified atom stereocenters. The molecule has 0 atom stereocenters. The first-order valence-electron chi connectivity index (χ1n) is 3.82. The highest BCUT2D eigenvalue weighted by Crippen LogP contribution is 2.21. The molecule has 0 saturated carbocycles. The molecule has 0 radical (unpaired) electrons. The van der Waals surface area contributed by atoms with E-state index < -0.39 is 20.9 Å². The number of hydrogen-bond acceptors (Lipinski definition) is 3. The van der Waals surface area contributed by atoms with Crippen molar-refractivity contribution in [2.24, 2.45) is 0 Å². The molecule has 1 rings (SSSR count). The molecule has 0 aliphatic carbocycles. The van der Waals surface area contributed by atoms with E-state index in [0.29, 0.717) is 6.07 Å². The van der Waals surface area contributed by atoms with Gasteiger partial charge < -0.3 is 4.74 Å². The summed E-state index contributed by atoms with van der Waals surface area (Å²) in [6.07, 6.45) is 0. The first-order chi connectivity index (χ1) is 6.45. The molecule has 6 heteroatoms. The predicted molar refractivity (Wildman–Crippen MR) is 45.9 cm³/mol. The summed E-state index contributed by atoms with van der Waals surface area (Å²) in [7, 11) is -4.85. The van der Waals surface area contributed by atoms with Gasteiger partial charge in [0.05, 0.1) is 6.61 Å². The summed E-state index contributed by atoms with van der Waals surface area (Å²) in [4.78, 5) is -0.710. The number of benzene rings is 1. The fourth-order valence-electron chi connectivity index (χ4n) is 0.906. The Bertz CT molecular complexity index is 428. The molecular weight excluding hydrogens is 214 g/mol. The quantitative estimate of drug-likeness (QED) is 0.733. The lowest BCUT2D eigenvalue weighted by Crippen LogP contribution is -1.97. The molecule has 0 heterocycles. The Morgan fingerprint density at radius 2 is 2.07 bits per heavy atom. The standard InChI is InChI=1S/C8H8F2O3S/c1-2-13-8-4-3-6(5-7(8)9)14(10,11)12/h3-5H,2H2,1H3. The average Bonchev–Trinajstić information content (AvgIpc) is 2.07. The molecule has 0 aromatic heterocycles. The van der Waals surface area contributed by atoms with Crippen LogP contribution in [0.15, 0.2) is 23.1 Å². The van der Waals surface area contributed by atoms with Crippen molar-refractivity contribution in [1.82, 2.24) is 0 Å². The van der Waals surface area contributed by atoms with Gasteiger partial charge in [-0.15, -0.1) is 3.89 Å². The highest BCUT2D eigenvalue weighted by atomic mass is 32.3. The summed E-state index contributed by atoms with van der Waals surface area (Å²) in [6.45, 7) is 1.90. The number of ether oxygens (including phenoxy) is 1. The molecule has 14 heavy (non-hydrogen) atoms. The Labute approximate surface area is 80.5 Å². The van der Waals surface area contributed by atoms with Gasteiger partial charge in [-0.05, 0) is 25.1 Å². The Kier molecular flexibility index (Phi) is 3.05. The van der Waals surface area contributed by atoms with E-state index in [-0.39, 0.29) is 12.4 Å². The van der Waals surface area contributed by atoms with Crippen LogP contribution < -0.4 is 4.74 Å². The third-order valence-corrected chi connectivity index (χ3v) is 2.30. The third-order valence-electron chi connectivity index (χ3n) is 1.48. The van der Waals surface area contributed by atoms with Crippen molar-refractivity contribution in [3.63, 3.8) is 0 Å². The minimum atomic E-state index is -4.85. The lowest BCUT2D eigenvalue weighted by atomic mass is 10.3. The van der Waals surface area contributed by atoms with Gasteiger partial charge in [0, 0.05) is 0 Å². The summed E-state index contributed by atoms with van der Waals surface area (Å²) in [6, 6.07) is 2.61. The molecule has 0 saturated heterocycles. The van der Waals surface area contributed by atoms with Gasteiger partial charge in [0.15, 0.2) is 11.6 Å². The normalized spacial score (nSPS) is 11.4. The van der Waals surface area contributed by atoms with Gasteiger partial charge in [0.2, 0.25) is 0 Å². The zero-order chi connectivity index (χ0) is 10.8. The van der Waals surface area contributed by atoms with Gasteiger partial charge in [-0.25, -0.2) is 4.39 Å². The molecule has 1 aromatic carbocycles. The topological polar surface area (TPSA) is 43.4 Å². The van der Waals surface area contributed by atoms with Crippen LogP contribution in [0.25, 0.3) is 0 Å². The van der Waals surface area contributed by atoms with E-state index in [0.717, 1.165) is 12.1 Å². The molecule has 0 aliphatic heterocycles. The summed E-state index contributed by atoms with van der Waals surface area (Å²) in [5, 5.41) is 0. The van der Waals surface area contributed by atoms with Crippen molar-refractivity contribution in [1.29, 1.82) is 0 Å². The van der Waals surface area contributed by atoms with Crippen molar-refractivity contribution in [2.75, 3.05) is 6.61 Å². The van der Waals surface area contributed by atoms with Crippen LogP contribution in [0, 0.1) is 5.82 Å². The number of halogens is 2. The Morgan fingerprint density at radius 3 is 2.50 bits per heavy atom. The zero-order valence-corrected chi connectivity index (χ0v) is 8.14. The molecule has 0 fully saturated rings. The van der Waals surface area contributed by atoms with Crippen molar-refractivity contribution in [2.45, 2.75) is 11.8 Å². The molecule has 78 valence electrons. The molecule has 0 N–H and O–H groups in total. The van der Waals surface area contributed by atoms with Gasteiger partial charge in [-0.3, -0.25) is 0 Å². The van der Waals surface area contributed by atoms with Crippen LogP contribution in [-0.2, 0) is 10.2 Å². The smallest absolute Gasteiger partial charge is 0.332 e. The van der Waals surface area contributed by atoms with Crippen LogP contribution in [0.4, 0.5) is 8.28 Å². The second-order valence-electron chi connectivity index (χ2n) is 2.46. The van der Waals surface area contributed by atoms with Crippen LogP contribution in [0.2, 0.25) is 0 Å². The highest BCUT2D eigenvalue weighted by Gasteiger charge is 2.14. The van der Waals surface area contributed by atoms with Crippen molar-refractivity contribution in [3.05, 3.63) is 24.0 Å². The number of rotatable bonds is 3. The van der Waals surface area contributed by atoms with Gasteiger partial charge >= 0.3 is 10.2 Å². The summed E-state index contributed by atoms with van der Waals surface area (Å²) >= 11 is 0. The molecule has 0 amide bonds. The van der Waals surface area contributed by atoms with E-state index in [4.69, 9.17) is 4.74 Å². The molecule has 0 bridgehead atoms. The molecular formula is C8H8F2O3S. The van der Waals surface area contributed by atoms with Gasteiger partial charge in [0.1, 0.15) is 4.90 Å². The van der Waals surface area contributed by atoms with Crippen LogP contribution >= 0.6 is 0 Å². The minimum absolute atomic E-state index is 0.0973. The van der Waals surface area contributed by atoms with Crippen molar-refractivity contribution >= 4 is 10.2 Å². The maximum absolute atomic E-state index is 13.0. The molecule has 1 aromatic rings. The predicted octanol–water partition coefficient (Wildman–Crippen LogP) is 1.88. The molecule has 0 aliphatic rings. The lowest BCUT2D eigenvalue weighted by Gasteiger charge is -2.04. The van der Waals surface area contributed by atoms with Crippen LogP contribution in [0.1, 0.15) is 6.92 Å². The summed E-state index contributed by atoms with van der Waals surface area (Å²) < 4.78 is 51.0. The Hall–Kier alpha value is -1.17. The maximum Gasteiger partial charge on any atom is 0.332 e. The SMILES string of the molecule is CCOc1ccc(S(=O)(=O)F)cc1F. The van der Waals surface area contributed by atoms with E-state index in [1.165, 1.54) is 0 Å². The minimum Gasteiger partial charge on any atom is -0.491 e. The molecule has 0 spiro atoms.